The maximum atomic E-state index is 12.5. The molecular formula is C22H18N2O4. The molecule has 4 rings (SSSR count). The molecule has 0 atom stereocenters. The van der Waals surface area contributed by atoms with E-state index >= 15 is 0 Å². The lowest BCUT2D eigenvalue weighted by Crippen LogP contribution is -2.15. The second-order valence-electron chi connectivity index (χ2n) is 6.39. The van der Waals surface area contributed by atoms with Gasteiger partial charge in [-0.2, -0.15) is 5.26 Å². The Balaban J connectivity index is 1.40. The molecule has 2 heterocycles. The fraction of sp³-hybridized carbons (Fsp3) is 0.182. The highest BCUT2D eigenvalue weighted by atomic mass is 16.5. The molecule has 0 saturated heterocycles. The normalized spacial score (nSPS) is 12.4. The number of hydrogen-bond acceptors (Lipinski definition) is 5. The van der Waals surface area contributed by atoms with Crippen molar-refractivity contribution < 1.29 is 18.7 Å². The number of nitriles is 1. The Kier molecular flexibility index (Phi) is 4.98. The zero-order chi connectivity index (χ0) is 19.3. The van der Waals surface area contributed by atoms with Gasteiger partial charge in [-0.05, 0) is 60.9 Å². The molecule has 0 aliphatic carbocycles. The Morgan fingerprint density at radius 2 is 2.00 bits per heavy atom. The smallest absolute Gasteiger partial charge is 0.291 e. The van der Waals surface area contributed by atoms with Crippen LogP contribution in [0.5, 0.6) is 11.5 Å². The minimum atomic E-state index is -0.341. The summed E-state index contributed by atoms with van der Waals surface area (Å²) in [6.45, 7) is 0.834. The lowest BCUT2D eigenvalue weighted by molar-refractivity contribution is 0.0992. The van der Waals surface area contributed by atoms with E-state index in [4.69, 9.17) is 19.2 Å². The minimum absolute atomic E-state index is 0.184. The van der Waals surface area contributed by atoms with Crippen LogP contribution in [0.3, 0.4) is 0 Å². The Labute approximate surface area is 162 Å². The van der Waals surface area contributed by atoms with Gasteiger partial charge in [-0.1, -0.05) is 12.1 Å². The number of nitrogens with zero attached hydrogens (tertiary/aromatic N) is 1. The zero-order valence-electron chi connectivity index (χ0n) is 15.1. The third-order valence-corrected chi connectivity index (χ3v) is 4.43. The third-order valence-electron chi connectivity index (χ3n) is 4.43. The summed E-state index contributed by atoms with van der Waals surface area (Å²) in [5.74, 6) is 1.74. The van der Waals surface area contributed by atoms with Gasteiger partial charge in [-0.15, -0.1) is 0 Å². The number of furan rings is 1. The molecule has 6 heteroatoms. The molecule has 0 saturated carbocycles. The van der Waals surface area contributed by atoms with E-state index in [0.29, 0.717) is 29.4 Å². The summed E-state index contributed by atoms with van der Waals surface area (Å²) in [5, 5.41) is 11.7. The fourth-order valence-electron chi connectivity index (χ4n) is 3.03. The van der Waals surface area contributed by atoms with Gasteiger partial charge >= 0.3 is 0 Å². The molecule has 0 bridgehead atoms. The molecule has 0 spiro atoms. The Bertz CT molecular complexity index is 1030. The van der Waals surface area contributed by atoms with Crippen molar-refractivity contribution in [3.05, 3.63) is 77.2 Å². The predicted molar refractivity (Wildman–Crippen MR) is 102 cm³/mol. The van der Waals surface area contributed by atoms with Crippen LogP contribution in [0.2, 0.25) is 0 Å². The zero-order valence-corrected chi connectivity index (χ0v) is 15.1. The molecule has 0 radical (unpaired) electrons. The molecule has 3 aromatic rings. The number of anilines is 1. The number of fused-ring (bicyclic) bond motifs is 1. The van der Waals surface area contributed by atoms with E-state index < -0.39 is 0 Å². The van der Waals surface area contributed by atoms with E-state index in [0.717, 1.165) is 24.2 Å². The maximum absolute atomic E-state index is 12.5. The summed E-state index contributed by atoms with van der Waals surface area (Å²) in [7, 11) is 0. The second-order valence-corrected chi connectivity index (χ2v) is 6.39. The topological polar surface area (TPSA) is 84.5 Å². The van der Waals surface area contributed by atoms with Crippen molar-refractivity contribution in [2.24, 2.45) is 0 Å². The van der Waals surface area contributed by atoms with Crippen molar-refractivity contribution in [1.29, 1.82) is 5.26 Å². The molecule has 1 N–H and O–H groups in total. The first-order valence-corrected chi connectivity index (χ1v) is 9.00. The van der Waals surface area contributed by atoms with Gasteiger partial charge < -0.3 is 19.2 Å². The number of carbonyl (C=O) groups is 1. The van der Waals surface area contributed by atoms with Gasteiger partial charge in [0.2, 0.25) is 0 Å². The Morgan fingerprint density at radius 1 is 1.14 bits per heavy atom. The number of hydrogen-bond donors (Lipinski definition) is 1. The number of amides is 1. The second kappa shape index (κ2) is 7.89. The maximum Gasteiger partial charge on any atom is 0.291 e. The number of rotatable bonds is 5. The highest BCUT2D eigenvalue weighted by molar-refractivity contribution is 6.03. The monoisotopic (exact) mass is 374 g/mol. The quantitative estimate of drug-likeness (QED) is 0.719. The first-order chi connectivity index (χ1) is 13.7. The lowest BCUT2D eigenvalue weighted by Gasteiger charge is -2.20. The molecule has 1 amide bonds. The SMILES string of the molecule is N#Cc1ccc(OCc2ccc(C(=O)Nc3cccc4c3OCCC4)o2)cc1. The van der Waals surface area contributed by atoms with Crippen LogP contribution in [0.25, 0.3) is 0 Å². The highest BCUT2D eigenvalue weighted by Crippen LogP contribution is 2.33. The van der Waals surface area contributed by atoms with E-state index in [9.17, 15) is 4.79 Å². The lowest BCUT2D eigenvalue weighted by atomic mass is 10.1. The number of aryl methyl sites for hydroxylation is 1. The van der Waals surface area contributed by atoms with Gasteiger partial charge in [0, 0.05) is 0 Å². The molecule has 1 aromatic heterocycles. The van der Waals surface area contributed by atoms with Gasteiger partial charge in [0.05, 0.1) is 23.9 Å². The van der Waals surface area contributed by atoms with Crippen LogP contribution in [0.1, 0.15) is 33.9 Å². The standard InChI is InChI=1S/C22H18N2O4/c23-13-15-6-8-17(9-7-15)27-14-18-10-11-20(28-18)22(25)24-19-5-1-3-16-4-2-12-26-21(16)19/h1,3,5-11H,2,4,12,14H2,(H,24,25). The minimum Gasteiger partial charge on any atom is -0.491 e. The summed E-state index contributed by atoms with van der Waals surface area (Å²) in [4.78, 5) is 12.5. The Hall–Kier alpha value is -3.72. The van der Waals surface area contributed by atoms with Crippen LogP contribution < -0.4 is 14.8 Å². The molecule has 6 nitrogen and oxygen atoms in total. The van der Waals surface area contributed by atoms with Gasteiger partial charge in [0.25, 0.3) is 5.91 Å². The van der Waals surface area contributed by atoms with Crippen molar-refractivity contribution in [3.63, 3.8) is 0 Å². The number of carbonyl (C=O) groups excluding carboxylic acids is 1. The van der Waals surface area contributed by atoms with Crippen molar-refractivity contribution in [1.82, 2.24) is 0 Å². The van der Waals surface area contributed by atoms with Gasteiger partial charge in [0.15, 0.2) is 5.76 Å². The number of para-hydroxylation sites is 1. The molecule has 1 aliphatic heterocycles. The largest absolute Gasteiger partial charge is 0.491 e. The van der Waals surface area contributed by atoms with Crippen LogP contribution in [0, 0.1) is 11.3 Å². The molecule has 28 heavy (non-hydrogen) atoms. The van der Waals surface area contributed by atoms with Gasteiger partial charge in [-0.3, -0.25) is 4.79 Å². The highest BCUT2D eigenvalue weighted by Gasteiger charge is 2.18. The fourth-order valence-corrected chi connectivity index (χ4v) is 3.03. The average Bonchev–Trinajstić information content (AvgIpc) is 3.22. The number of nitrogens with one attached hydrogen (secondary N) is 1. The molecule has 1 aliphatic rings. The third kappa shape index (κ3) is 3.84. The predicted octanol–water partition coefficient (Wildman–Crippen LogP) is 4.31. The van der Waals surface area contributed by atoms with Crippen LogP contribution in [-0.4, -0.2) is 12.5 Å². The van der Waals surface area contributed by atoms with E-state index in [1.54, 1.807) is 36.4 Å². The van der Waals surface area contributed by atoms with Crippen LogP contribution >= 0.6 is 0 Å². The Morgan fingerprint density at radius 3 is 2.82 bits per heavy atom. The summed E-state index contributed by atoms with van der Waals surface area (Å²) in [6, 6.07) is 17.9. The molecule has 2 aromatic carbocycles. The summed E-state index contributed by atoms with van der Waals surface area (Å²) >= 11 is 0. The van der Waals surface area contributed by atoms with Crippen molar-refractivity contribution in [3.8, 4) is 17.6 Å². The van der Waals surface area contributed by atoms with Gasteiger partial charge in [0.1, 0.15) is 23.9 Å². The first-order valence-electron chi connectivity index (χ1n) is 9.00. The van der Waals surface area contributed by atoms with E-state index in [1.165, 1.54) is 0 Å². The van der Waals surface area contributed by atoms with Crippen LogP contribution in [0.15, 0.2) is 59.0 Å². The molecular weight excluding hydrogens is 356 g/mol. The summed E-state index contributed by atoms with van der Waals surface area (Å²) in [6.07, 6.45) is 1.92. The van der Waals surface area contributed by atoms with Crippen molar-refractivity contribution >= 4 is 11.6 Å². The average molecular weight is 374 g/mol. The van der Waals surface area contributed by atoms with Crippen molar-refractivity contribution in [2.45, 2.75) is 19.4 Å². The molecule has 0 unspecified atom stereocenters. The summed E-state index contributed by atoms with van der Waals surface area (Å²) < 4.78 is 16.9. The summed E-state index contributed by atoms with van der Waals surface area (Å²) in [5.41, 5.74) is 2.31. The first kappa shape index (κ1) is 17.7. The van der Waals surface area contributed by atoms with E-state index in [-0.39, 0.29) is 18.3 Å². The number of ether oxygens (including phenoxy) is 2. The van der Waals surface area contributed by atoms with Gasteiger partial charge in [-0.25, -0.2) is 0 Å². The van der Waals surface area contributed by atoms with Crippen LogP contribution in [-0.2, 0) is 13.0 Å². The van der Waals surface area contributed by atoms with Crippen molar-refractivity contribution in [2.75, 3.05) is 11.9 Å². The van der Waals surface area contributed by atoms with E-state index in [2.05, 4.69) is 11.4 Å². The molecule has 140 valence electrons. The number of benzene rings is 2. The van der Waals surface area contributed by atoms with E-state index in [1.807, 2.05) is 18.2 Å². The van der Waals surface area contributed by atoms with Crippen LogP contribution in [0.4, 0.5) is 5.69 Å². The molecule has 0 fully saturated rings.